The first-order valence-corrected chi connectivity index (χ1v) is 6.35. The number of rotatable bonds is 8. The topological polar surface area (TPSA) is 89.8 Å². The molecular formula is C14H21NO4. The summed E-state index contributed by atoms with van der Waals surface area (Å²) in [5.74, 6) is -0.896. The zero-order valence-electron chi connectivity index (χ0n) is 11.0. The van der Waals surface area contributed by atoms with Gasteiger partial charge in [0.1, 0.15) is 0 Å². The van der Waals surface area contributed by atoms with Gasteiger partial charge in [0.15, 0.2) is 0 Å². The van der Waals surface area contributed by atoms with Gasteiger partial charge in [-0.3, -0.25) is 4.79 Å². The monoisotopic (exact) mass is 267 g/mol. The molecule has 1 rings (SSSR count). The molecule has 2 unspecified atom stereocenters. The van der Waals surface area contributed by atoms with E-state index in [9.17, 15) is 9.90 Å². The fraction of sp³-hybridized carbons (Fsp3) is 0.500. The van der Waals surface area contributed by atoms with Crippen LogP contribution in [0.25, 0.3) is 0 Å². The maximum Gasteiger partial charge on any atom is 0.303 e. The highest BCUT2D eigenvalue weighted by Crippen LogP contribution is 2.20. The van der Waals surface area contributed by atoms with Gasteiger partial charge in [-0.25, -0.2) is 0 Å². The van der Waals surface area contributed by atoms with Gasteiger partial charge < -0.3 is 20.6 Å². The number of hydrogen-bond donors (Lipinski definition) is 4. The number of carboxylic acid groups (broad SMARTS) is 1. The van der Waals surface area contributed by atoms with E-state index in [1.54, 1.807) is 0 Å². The summed E-state index contributed by atoms with van der Waals surface area (Å²) in [6, 6.07) is 7.08. The molecule has 0 aromatic heterocycles. The highest BCUT2D eigenvalue weighted by molar-refractivity contribution is 5.66. The van der Waals surface area contributed by atoms with Crippen LogP contribution >= 0.6 is 0 Å². The zero-order valence-corrected chi connectivity index (χ0v) is 11.0. The Hall–Kier alpha value is -1.43. The second kappa shape index (κ2) is 7.89. The molecule has 0 aliphatic rings. The Labute approximate surface area is 112 Å². The van der Waals surface area contributed by atoms with Crippen LogP contribution in [0, 0.1) is 6.92 Å². The summed E-state index contributed by atoms with van der Waals surface area (Å²) in [6.45, 7) is 2.24. The molecule has 4 N–H and O–H groups in total. The van der Waals surface area contributed by atoms with Crippen molar-refractivity contribution in [1.29, 1.82) is 0 Å². The van der Waals surface area contributed by atoms with Gasteiger partial charge in [-0.15, -0.1) is 0 Å². The Balaban J connectivity index is 2.71. The van der Waals surface area contributed by atoms with Gasteiger partial charge in [-0.2, -0.15) is 0 Å². The van der Waals surface area contributed by atoms with Gasteiger partial charge in [-0.1, -0.05) is 29.8 Å². The van der Waals surface area contributed by atoms with Crippen LogP contribution in [0.3, 0.4) is 0 Å². The number of carbonyl (C=O) groups is 1. The van der Waals surface area contributed by atoms with E-state index in [-0.39, 0.29) is 19.1 Å². The number of aliphatic hydroxyl groups excluding tert-OH is 2. The zero-order chi connectivity index (χ0) is 14.3. The number of nitrogens with one attached hydrogen (secondary N) is 1. The maximum absolute atomic E-state index is 10.6. The maximum atomic E-state index is 10.6. The molecule has 0 aliphatic heterocycles. The molecule has 1 aromatic carbocycles. The Morgan fingerprint density at radius 2 is 1.95 bits per heavy atom. The molecule has 19 heavy (non-hydrogen) atoms. The van der Waals surface area contributed by atoms with Crippen LogP contribution in [0.1, 0.15) is 30.1 Å². The predicted octanol–water partition coefficient (Wildman–Crippen LogP) is 0.844. The molecule has 0 amide bonds. The van der Waals surface area contributed by atoms with Gasteiger partial charge in [0.05, 0.1) is 12.7 Å². The van der Waals surface area contributed by atoms with E-state index < -0.39 is 12.1 Å². The van der Waals surface area contributed by atoms with Crippen LogP contribution in [0.15, 0.2) is 24.3 Å². The van der Waals surface area contributed by atoms with Crippen molar-refractivity contribution in [2.75, 3.05) is 13.2 Å². The van der Waals surface area contributed by atoms with Crippen LogP contribution in [0.4, 0.5) is 0 Å². The lowest BCUT2D eigenvalue weighted by Gasteiger charge is -2.24. The molecule has 0 saturated carbocycles. The first-order chi connectivity index (χ1) is 9.04. The minimum absolute atomic E-state index is 0.0218. The molecule has 0 spiro atoms. The Morgan fingerprint density at radius 1 is 1.32 bits per heavy atom. The number of aliphatic hydroxyl groups is 2. The van der Waals surface area contributed by atoms with Gasteiger partial charge >= 0.3 is 5.97 Å². The highest BCUT2D eigenvalue weighted by atomic mass is 16.4. The molecule has 0 heterocycles. The molecule has 0 aliphatic carbocycles. The van der Waals surface area contributed by atoms with Gasteiger partial charge in [0, 0.05) is 19.0 Å². The van der Waals surface area contributed by atoms with Gasteiger partial charge in [0.25, 0.3) is 0 Å². The molecule has 1 aromatic rings. The first-order valence-electron chi connectivity index (χ1n) is 6.35. The Kier molecular flexibility index (Phi) is 6.49. The summed E-state index contributed by atoms with van der Waals surface area (Å²) in [5.41, 5.74) is 1.84. The standard InChI is InChI=1S/C14H21NO4/c1-10-2-4-11(5-3-10)14(19)12(15-8-9-16)6-7-13(17)18/h2-5,12,14-16,19H,6-9H2,1H3,(H,17,18). The summed E-state index contributed by atoms with van der Waals surface area (Å²) in [4.78, 5) is 10.6. The van der Waals surface area contributed by atoms with Crippen molar-refractivity contribution in [1.82, 2.24) is 5.32 Å². The van der Waals surface area contributed by atoms with Crippen molar-refractivity contribution >= 4 is 5.97 Å². The van der Waals surface area contributed by atoms with Gasteiger partial charge in [-0.05, 0) is 18.9 Å². The minimum atomic E-state index is -0.896. The average molecular weight is 267 g/mol. The summed E-state index contributed by atoms with van der Waals surface area (Å²) >= 11 is 0. The second-order valence-corrected chi connectivity index (χ2v) is 4.57. The molecule has 5 nitrogen and oxygen atoms in total. The molecule has 5 heteroatoms. The molecule has 0 saturated heterocycles. The fourth-order valence-electron chi connectivity index (χ4n) is 1.90. The van der Waals surface area contributed by atoms with E-state index in [0.717, 1.165) is 11.1 Å². The van der Waals surface area contributed by atoms with Crippen LogP contribution in [-0.4, -0.2) is 40.5 Å². The van der Waals surface area contributed by atoms with Gasteiger partial charge in [0.2, 0.25) is 0 Å². The van der Waals surface area contributed by atoms with E-state index in [1.807, 2.05) is 31.2 Å². The third-order valence-electron chi connectivity index (χ3n) is 2.99. The van der Waals surface area contributed by atoms with Crippen LogP contribution < -0.4 is 5.32 Å². The van der Waals surface area contributed by atoms with E-state index in [2.05, 4.69) is 5.32 Å². The normalized spacial score (nSPS) is 14.1. The fourth-order valence-corrected chi connectivity index (χ4v) is 1.90. The summed E-state index contributed by atoms with van der Waals surface area (Å²) in [6.07, 6.45) is -0.498. The van der Waals surface area contributed by atoms with Crippen molar-refractivity contribution in [3.8, 4) is 0 Å². The Bertz CT molecular complexity index is 391. The second-order valence-electron chi connectivity index (χ2n) is 4.57. The molecule has 0 radical (unpaired) electrons. The lowest BCUT2D eigenvalue weighted by atomic mass is 9.97. The predicted molar refractivity (Wildman–Crippen MR) is 71.9 cm³/mol. The van der Waals surface area contributed by atoms with E-state index >= 15 is 0 Å². The van der Waals surface area contributed by atoms with E-state index in [0.29, 0.717) is 13.0 Å². The van der Waals surface area contributed by atoms with Crippen molar-refractivity contribution in [2.24, 2.45) is 0 Å². The van der Waals surface area contributed by atoms with E-state index in [4.69, 9.17) is 10.2 Å². The summed E-state index contributed by atoms with van der Waals surface area (Å²) in [5, 5.41) is 30.8. The van der Waals surface area contributed by atoms with E-state index in [1.165, 1.54) is 0 Å². The molecule has 106 valence electrons. The third kappa shape index (κ3) is 5.38. The quantitative estimate of drug-likeness (QED) is 0.560. The number of benzene rings is 1. The van der Waals surface area contributed by atoms with Crippen molar-refractivity contribution in [3.63, 3.8) is 0 Å². The number of hydrogen-bond acceptors (Lipinski definition) is 4. The summed E-state index contributed by atoms with van der Waals surface area (Å²) in [7, 11) is 0. The molecule has 0 bridgehead atoms. The largest absolute Gasteiger partial charge is 0.481 e. The SMILES string of the molecule is Cc1ccc(C(O)C(CCC(=O)O)NCCO)cc1. The van der Waals surface area contributed by atoms with Crippen molar-refractivity contribution in [3.05, 3.63) is 35.4 Å². The third-order valence-corrected chi connectivity index (χ3v) is 2.99. The highest BCUT2D eigenvalue weighted by Gasteiger charge is 2.21. The molecule has 2 atom stereocenters. The first kappa shape index (κ1) is 15.6. The number of carboxylic acids is 1. The van der Waals surface area contributed by atoms with Crippen molar-refractivity contribution < 1.29 is 20.1 Å². The van der Waals surface area contributed by atoms with Crippen LogP contribution in [0.2, 0.25) is 0 Å². The van der Waals surface area contributed by atoms with Crippen LogP contribution in [-0.2, 0) is 4.79 Å². The average Bonchev–Trinajstić information content (AvgIpc) is 2.39. The Morgan fingerprint density at radius 3 is 2.47 bits per heavy atom. The van der Waals surface area contributed by atoms with Crippen LogP contribution in [0.5, 0.6) is 0 Å². The number of aliphatic carboxylic acids is 1. The lowest BCUT2D eigenvalue weighted by Crippen LogP contribution is -2.37. The van der Waals surface area contributed by atoms with Crippen molar-refractivity contribution in [2.45, 2.75) is 31.9 Å². The summed E-state index contributed by atoms with van der Waals surface area (Å²) < 4.78 is 0. The molecule has 0 fully saturated rings. The molecular weight excluding hydrogens is 246 g/mol. The number of aryl methyl sites for hydroxylation is 1. The minimum Gasteiger partial charge on any atom is -0.481 e. The lowest BCUT2D eigenvalue weighted by molar-refractivity contribution is -0.137. The smallest absolute Gasteiger partial charge is 0.303 e.